The number of amides is 3. The topological polar surface area (TPSA) is 192 Å². The molecule has 0 spiro atoms. The minimum absolute atomic E-state index is 0.0520. The number of benzene rings is 1. The van der Waals surface area contributed by atoms with E-state index in [0.29, 0.717) is 19.4 Å². The molecule has 1 aromatic heterocycles. The maximum Gasteiger partial charge on any atom is 0.326 e. The van der Waals surface area contributed by atoms with Gasteiger partial charge in [-0.05, 0) is 31.0 Å². The van der Waals surface area contributed by atoms with Crippen molar-refractivity contribution in [3.8, 4) is 0 Å². The molecule has 9 N–H and O–H groups in total. The monoisotopic (exact) mass is 492 g/mol. The van der Waals surface area contributed by atoms with Gasteiger partial charge in [0.05, 0.1) is 12.6 Å². The second-order valence-electron chi connectivity index (χ2n) is 7.87. The Kier molecular flexibility index (Phi) is 10.8. The molecule has 0 saturated heterocycles. The van der Waals surface area contributed by atoms with Crippen molar-refractivity contribution in [3.63, 3.8) is 0 Å². The summed E-state index contributed by atoms with van der Waals surface area (Å²) in [6.07, 6.45) is 3.64. The Labute approximate surface area is 202 Å². The second kappa shape index (κ2) is 13.6. The zero-order valence-electron chi connectivity index (χ0n) is 18.8. The average Bonchev–Trinajstić information content (AvgIpc) is 3.23. The summed E-state index contributed by atoms with van der Waals surface area (Å²) in [6, 6.07) is 4.36. The third-order valence-corrected chi connectivity index (χ3v) is 5.64. The highest BCUT2D eigenvalue weighted by Crippen LogP contribution is 2.19. The first-order valence-corrected chi connectivity index (χ1v) is 11.6. The number of carbonyl (C=O) groups excluding carboxylic acids is 3. The number of carbonyl (C=O) groups is 4. The number of aromatic amines is 1. The molecule has 0 aliphatic carbocycles. The molecule has 0 aliphatic rings. The van der Waals surface area contributed by atoms with Crippen molar-refractivity contribution >= 4 is 47.2 Å². The lowest BCUT2D eigenvalue weighted by Crippen LogP contribution is -2.54. The quantitative estimate of drug-likeness (QED) is 0.126. The summed E-state index contributed by atoms with van der Waals surface area (Å²) in [5.74, 6) is -3.08. The molecule has 3 atom stereocenters. The zero-order chi connectivity index (χ0) is 25.1. The Bertz CT molecular complexity index is 997. The molecule has 3 amide bonds. The fourth-order valence-corrected chi connectivity index (χ4v) is 3.63. The Hall–Kier alpha value is -3.09. The molecule has 2 rings (SSSR count). The molecule has 1 aromatic carbocycles. The number of aromatic nitrogens is 1. The Balaban J connectivity index is 1.89. The van der Waals surface area contributed by atoms with Crippen LogP contribution in [0.5, 0.6) is 0 Å². The second-order valence-corrected chi connectivity index (χ2v) is 8.24. The SMILES string of the molecule is NCCCCC(N)C(=O)NCC(=O)NC(CS)C(=O)NC(Cc1c[nH]c2ccccc12)C(=O)O. The van der Waals surface area contributed by atoms with Crippen LogP contribution in [-0.4, -0.2) is 70.7 Å². The summed E-state index contributed by atoms with van der Waals surface area (Å²) >= 11 is 4.08. The fraction of sp³-hybridized carbons (Fsp3) is 0.455. The summed E-state index contributed by atoms with van der Waals surface area (Å²) in [5.41, 5.74) is 12.8. The van der Waals surface area contributed by atoms with Crippen molar-refractivity contribution in [1.29, 1.82) is 0 Å². The Morgan fingerprint density at radius 1 is 1.06 bits per heavy atom. The van der Waals surface area contributed by atoms with E-state index in [1.165, 1.54) is 0 Å². The van der Waals surface area contributed by atoms with Gasteiger partial charge in [0.15, 0.2) is 0 Å². The van der Waals surface area contributed by atoms with Crippen LogP contribution in [0.15, 0.2) is 30.5 Å². The number of unbranched alkanes of at least 4 members (excludes halogenated alkanes) is 1. The molecule has 11 nitrogen and oxygen atoms in total. The van der Waals surface area contributed by atoms with Gasteiger partial charge >= 0.3 is 5.97 Å². The van der Waals surface area contributed by atoms with Crippen LogP contribution in [0.1, 0.15) is 24.8 Å². The van der Waals surface area contributed by atoms with E-state index in [-0.39, 0.29) is 18.7 Å². The van der Waals surface area contributed by atoms with Crippen LogP contribution in [0, 0.1) is 0 Å². The summed E-state index contributed by atoms with van der Waals surface area (Å²) in [5, 5.41) is 17.8. The number of H-pyrrole nitrogens is 1. The molecule has 2 aromatic rings. The van der Waals surface area contributed by atoms with Gasteiger partial charge in [-0.1, -0.05) is 24.6 Å². The molecule has 0 fully saturated rings. The van der Waals surface area contributed by atoms with Crippen molar-refractivity contribution in [3.05, 3.63) is 36.0 Å². The highest BCUT2D eigenvalue weighted by atomic mass is 32.1. The summed E-state index contributed by atoms with van der Waals surface area (Å²) in [7, 11) is 0. The van der Waals surface area contributed by atoms with Crippen LogP contribution in [0.3, 0.4) is 0 Å². The van der Waals surface area contributed by atoms with E-state index in [1.807, 2.05) is 24.3 Å². The van der Waals surface area contributed by atoms with Gasteiger partial charge in [0.2, 0.25) is 17.7 Å². The standard InChI is InChI=1S/C22H32N6O5S/c23-8-4-3-6-15(24)20(30)26-11-19(29)27-18(12-34)21(31)28-17(22(32)33)9-13-10-25-16-7-2-1-5-14(13)16/h1-2,5,7,10,15,17-18,25,34H,3-4,6,8-9,11-12,23-24H2,(H,26,30)(H,27,29)(H,28,31)(H,32,33). The molecule has 34 heavy (non-hydrogen) atoms. The predicted octanol–water partition coefficient (Wildman–Crippen LogP) is -0.733. The molecule has 186 valence electrons. The van der Waals surface area contributed by atoms with Gasteiger partial charge in [-0.15, -0.1) is 0 Å². The van der Waals surface area contributed by atoms with Gasteiger partial charge in [-0.2, -0.15) is 12.6 Å². The lowest BCUT2D eigenvalue weighted by molar-refractivity contribution is -0.142. The van der Waals surface area contributed by atoms with Crippen LogP contribution in [-0.2, 0) is 25.6 Å². The van der Waals surface area contributed by atoms with Crippen molar-refractivity contribution < 1.29 is 24.3 Å². The van der Waals surface area contributed by atoms with Crippen molar-refractivity contribution in [1.82, 2.24) is 20.9 Å². The van der Waals surface area contributed by atoms with Gasteiger partial charge < -0.3 is 37.5 Å². The van der Waals surface area contributed by atoms with Crippen molar-refractivity contribution in [2.24, 2.45) is 11.5 Å². The number of carboxylic acid groups (broad SMARTS) is 1. The van der Waals surface area contributed by atoms with Crippen LogP contribution < -0.4 is 27.4 Å². The number of rotatable bonds is 14. The largest absolute Gasteiger partial charge is 0.480 e. The number of fused-ring (bicyclic) bond motifs is 1. The first-order valence-electron chi connectivity index (χ1n) is 11.0. The normalized spacial score (nSPS) is 13.6. The summed E-state index contributed by atoms with van der Waals surface area (Å²) in [6.45, 7) is 0.132. The number of aliphatic carboxylic acids is 1. The maximum atomic E-state index is 12.6. The molecule has 12 heteroatoms. The minimum Gasteiger partial charge on any atom is -0.480 e. The molecule has 0 aliphatic heterocycles. The van der Waals surface area contributed by atoms with Crippen LogP contribution in [0.4, 0.5) is 0 Å². The third-order valence-electron chi connectivity index (χ3n) is 5.28. The molecular weight excluding hydrogens is 460 g/mol. The lowest BCUT2D eigenvalue weighted by atomic mass is 10.0. The van der Waals surface area contributed by atoms with Crippen molar-refractivity contribution in [2.45, 2.75) is 43.8 Å². The van der Waals surface area contributed by atoms with E-state index in [9.17, 15) is 24.3 Å². The Morgan fingerprint density at radius 3 is 2.47 bits per heavy atom. The lowest BCUT2D eigenvalue weighted by Gasteiger charge is -2.20. The fourth-order valence-electron chi connectivity index (χ4n) is 3.37. The summed E-state index contributed by atoms with van der Waals surface area (Å²) < 4.78 is 0. The number of nitrogens with one attached hydrogen (secondary N) is 4. The predicted molar refractivity (Wildman–Crippen MR) is 131 cm³/mol. The number of nitrogens with two attached hydrogens (primary N) is 2. The summed E-state index contributed by atoms with van der Waals surface area (Å²) in [4.78, 5) is 51.7. The van der Waals surface area contributed by atoms with E-state index in [4.69, 9.17) is 11.5 Å². The van der Waals surface area contributed by atoms with E-state index >= 15 is 0 Å². The van der Waals surface area contributed by atoms with E-state index in [0.717, 1.165) is 22.9 Å². The molecule has 0 bridgehead atoms. The molecule has 0 saturated carbocycles. The highest BCUT2D eigenvalue weighted by Gasteiger charge is 2.27. The van der Waals surface area contributed by atoms with Crippen LogP contribution >= 0.6 is 12.6 Å². The smallest absolute Gasteiger partial charge is 0.326 e. The van der Waals surface area contributed by atoms with E-state index in [1.54, 1.807) is 6.20 Å². The molecule has 3 unspecified atom stereocenters. The van der Waals surface area contributed by atoms with Gasteiger partial charge in [-0.3, -0.25) is 14.4 Å². The van der Waals surface area contributed by atoms with Crippen LogP contribution in [0.25, 0.3) is 10.9 Å². The highest BCUT2D eigenvalue weighted by molar-refractivity contribution is 7.80. The van der Waals surface area contributed by atoms with Gasteiger partial charge in [0, 0.05) is 29.3 Å². The third kappa shape index (κ3) is 8.04. The average molecular weight is 493 g/mol. The first kappa shape index (κ1) is 27.2. The van der Waals surface area contributed by atoms with Gasteiger partial charge in [-0.25, -0.2) is 4.79 Å². The molecular formula is C22H32N6O5S. The van der Waals surface area contributed by atoms with Crippen LogP contribution in [0.2, 0.25) is 0 Å². The molecule has 1 heterocycles. The number of hydrogen-bond donors (Lipinski definition) is 8. The number of hydrogen-bond acceptors (Lipinski definition) is 7. The zero-order valence-corrected chi connectivity index (χ0v) is 19.6. The first-order chi connectivity index (χ1) is 16.3. The van der Waals surface area contributed by atoms with Crippen molar-refractivity contribution in [2.75, 3.05) is 18.8 Å². The van der Waals surface area contributed by atoms with Gasteiger partial charge in [0.25, 0.3) is 0 Å². The number of thiol groups is 1. The number of para-hydroxylation sites is 1. The maximum absolute atomic E-state index is 12.6. The molecule has 0 radical (unpaired) electrons. The van der Waals surface area contributed by atoms with Gasteiger partial charge in [0.1, 0.15) is 12.1 Å². The minimum atomic E-state index is -1.21. The van der Waals surface area contributed by atoms with E-state index in [2.05, 4.69) is 33.6 Å². The number of carboxylic acids is 1. The Morgan fingerprint density at radius 2 is 1.79 bits per heavy atom. The van der Waals surface area contributed by atoms with E-state index < -0.39 is 41.8 Å².